The summed E-state index contributed by atoms with van der Waals surface area (Å²) in [5.41, 5.74) is 1.92. The van der Waals surface area contributed by atoms with Gasteiger partial charge in [-0.05, 0) is 26.1 Å². The average molecular weight is 274 g/mol. The summed E-state index contributed by atoms with van der Waals surface area (Å²) >= 11 is 0. The van der Waals surface area contributed by atoms with E-state index in [-0.39, 0.29) is 10.6 Å². The molecule has 0 aliphatic heterocycles. The molecular formula is C14H18N4O2. The fourth-order valence-electron chi connectivity index (χ4n) is 2.21. The quantitative estimate of drug-likeness (QED) is 0.668. The minimum absolute atomic E-state index is 0.0956. The van der Waals surface area contributed by atoms with Crippen molar-refractivity contribution >= 4 is 22.1 Å². The standard InChI is InChI=1S/C14H18N4O2/c1-10-8-11-12(9-16-10)14(18(19)20)5-4-13(11)17(3)7-6-15-2/h4-5,8-9,15H,6-7H2,1-3H3. The van der Waals surface area contributed by atoms with E-state index in [0.29, 0.717) is 5.39 Å². The molecule has 2 rings (SSSR count). The normalized spacial score (nSPS) is 10.8. The number of nitro groups is 1. The highest BCUT2D eigenvalue weighted by molar-refractivity contribution is 5.99. The third-order valence-electron chi connectivity index (χ3n) is 3.30. The Morgan fingerprint density at radius 3 is 2.80 bits per heavy atom. The van der Waals surface area contributed by atoms with Gasteiger partial charge in [0.25, 0.3) is 5.69 Å². The van der Waals surface area contributed by atoms with Gasteiger partial charge in [-0.1, -0.05) is 0 Å². The number of hydrogen-bond donors (Lipinski definition) is 1. The SMILES string of the molecule is CNCCN(C)c1ccc([N+](=O)[O-])c2cnc(C)cc12. The van der Waals surface area contributed by atoms with E-state index >= 15 is 0 Å². The topological polar surface area (TPSA) is 71.3 Å². The molecule has 0 bridgehead atoms. The number of nitro benzene ring substituents is 1. The van der Waals surface area contributed by atoms with Gasteiger partial charge in [0, 0.05) is 49.2 Å². The molecular weight excluding hydrogens is 256 g/mol. The Hall–Kier alpha value is -2.21. The van der Waals surface area contributed by atoms with Gasteiger partial charge in [-0.3, -0.25) is 15.1 Å². The monoisotopic (exact) mass is 274 g/mol. The highest BCUT2D eigenvalue weighted by Crippen LogP contribution is 2.32. The number of non-ortho nitro benzene ring substituents is 1. The fraction of sp³-hybridized carbons (Fsp3) is 0.357. The molecule has 0 atom stereocenters. The molecule has 2 aromatic rings. The van der Waals surface area contributed by atoms with Crippen molar-refractivity contribution in [2.24, 2.45) is 0 Å². The second kappa shape index (κ2) is 5.83. The number of hydrogen-bond acceptors (Lipinski definition) is 5. The van der Waals surface area contributed by atoms with E-state index in [1.807, 2.05) is 27.1 Å². The summed E-state index contributed by atoms with van der Waals surface area (Å²) < 4.78 is 0. The first-order chi connectivity index (χ1) is 9.54. The van der Waals surface area contributed by atoms with E-state index in [1.165, 1.54) is 0 Å². The Morgan fingerprint density at radius 1 is 1.40 bits per heavy atom. The van der Waals surface area contributed by atoms with Crippen LogP contribution in [0.2, 0.25) is 0 Å². The highest BCUT2D eigenvalue weighted by atomic mass is 16.6. The molecule has 0 unspecified atom stereocenters. The molecule has 0 fully saturated rings. The van der Waals surface area contributed by atoms with Crippen LogP contribution in [0.5, 0.6) is 0 Å². The van der Waals surface area contributed by atoms with Crippen molar-refractivity contribution in [3.05, 3.63) is 40.2 Å². The maximum atomic E-state index is 11.1. The Morgan fingerprint density at radius 2 is 2.15 bits per heavy atom. The van der Waals surface area contributed by atoms with Crippen LogP contribution in [0.3, 0.4) is 0 Å². The van der Waals surface area contributed by atoms with E-state index in [2.05, 4.69) is 15.2 Å². The van der Waals surface area contributed by atoms with Crippen molar-refractivity contribution in [1.82, 2.24) is 10.3 Å². The molecule has 0 saturated heterocycles. The van der Waals surface area contributed by atoms with Gasteiger partial charge in [-0.15, -0.1) is 0 Å². The number of likely N-dealkylation sites (N-methyl/N-ethyl adjacent to an activating group) is 2. The lowest BCUT2D eigenvalue weighted by Crippen LogP contribution is -2.27. The van der Waals surface area contributed by atoms with Crippen molar-refractivity contribution in [1.29, 1.82) is 0 Å². The van der Waals surface area contributed by atoms with Gasteiger partial charge in [0.15, 0.2) is 0 Å². The summed E-state index contributed by atoms with van der Waals surface area (Å²) in [5, 5.41) is 15.6. The second-order valence-electron chi connectivity index (χ2n) is 4.76. The van der Waals surface area contributed by atoms with Crippen molar-refractivity contribution < 1.29 is 4.92 Å². The average Bonchev–Trinajstić information content (AvgIpc) is 2.43. The molecule has 1 N–H and O–H groups in total. The molecule has 0 radical (unpaired) electrons. The maximum Gasteiger partial charge on any atom is 0.278 e. The Balaban J connectivity index is 2.58. The van der Waals surface area contributed by atoms with Gasteiger partial charge in [0.2, 0.25) is 0 Å². The molecule has 0 aliphatic carbocycles. The molecule has 0 amide bonds. The van der Waals surface area contributed by atoms with E-state index in [1.54, 1.807) is 18.3 Å². The smallest absolute Gasteiger partial charge is 0.278 e. The number of fused-ring (bicyclic) bond motifs is 1. The first kappa shape index (κ1) is 14.2. The highest BCUT2D eigenvalue weighted by Gasteiger charge is 2.16. The molecule has 6 nitrogen and oxygen atoms in total. The van der Waals surface area contributed by atoms with E-state index in [4.69, 9.17) is 0 Å². The number of benzene rings is 1. The van der Waals surface area contributed by atoms with E-state index in [9.17, 15) is 10.1 Å². The zero-order chi connectivity index (χ0) is 14.7. The van der Waals surface area contributed by atoms with Gasteiger partial charge >= 0.3 is 0 Å². The number of aromatic nitrogens is 1. The Bertz CT molecular complexity index is 642. The van der Waals surface area contributed by atoms with Crippen molar-refractivity contribution in [2.45, 2.75) is 6.92 Å². The number of pyridine rings is 1. The Labute approximate surface area is 117 Å². The summed E-state index contributed by atoms with van der Waals surface area (Å²) in [5.74, 6) is 0. The van der Waals surface area contributed by atoms with Crippen LogP contribution in [0.25, 0.3) is 10.8 Å². The molecule has 1 aromatic carbocycles. The van der Waals surface area contributed by atoms with Crippen LogP contribution in [-0.4, -0.2) is 37.1 Å². The van der Waals surface area contributed by atoms with Gasteiger partial charge < -0.3 is 10.2 Å². The van der Waals surface area contributed by atoms with Crippen LogP contribution in [0.1, 0.15) is 5.69 Å². The first-order valence-electron chi connectivity index (χ1n) is 6.44. The molecule has 0 spiro atoms. The molecule has 20 heavy (non-hydrogen) atoms. The van der Waals surface area contributed by atoms with Crippen LogP contribution in [0.15, 0.2) is 24.4 Å². The number of nitrogens with zero attached hydrogens (tertiary/aromatic N) is 3. The van der Waals surface area contributed by atoms with E-state index < -0.39 is 0 Å². The molecule has 0 saturated carbocycles. The number of anilines is 1. The summed E-state index contributed by atoms with van der Waals surface area (Å²) in [4.78, 5) is 17.0. The van der Waals surface area contributed by atoms with Crippen LogP contribution in [-0.2, 0) is 0 Å². The second-order valence-corrected chi connectivity index (χ2v) is 4.76. The van der Waals surface area contributed by atoms with Crippen LogP contribution in [0.4, 0.5) is 11.4 Å². The van der Waals surface area contributed by atoms with Crippen LogP contribution >= 0.6 is 0 Å². The van der Waals surface area contributed by atoms with Gasteiger partial charge in [-0.2, -0.15) is 0 Å². The molecule has 6 heteroatoms. The first-order valence-corrected chi connectivity index (χ1v) is 6.44. The predicted octanol–water partition coefficient (Wildman–Crippen LogP) is 2.11. The summed E-state index contributed by atoms with van der Waals surface area (Å²) in [6.07, 6.45) is 1.58. The number of aryl methyl sites for hydroxylation is 1. The van der Waals surface area contributed by atoms with Crippen molar-refractivity contribution in [2.75, 3.05) is 32.1 Å². The summed E-state index contributed by atoms with van der Waals surface area (Å²) in [7, 11) is 3.88. The minimum Gasteiger partial charge on any atom is -0.373 e. The van der Waals surface area contributed by atoms with E-state index in [0.717, 1.165) is 29.9 Å². The lowest BCUT2D eigenvalue weighted by molar-refractivity contribution is -0.383. The lowest BCUT2D eigenvalue weighted by atomic mass is 10.1. The molecule has 106 valence electrons. The van der Waals surface area contributed by atoms with Crippen LogP contribution < -0.4 is 10.2 Å². The zero-order valence-corrected chi connectivity index (χ0v) is 11.9. The molecule has 1 heterocycles. The third kappa shape index (κ3) is 2.70. The maximum absolute atomic E-state index is 11.1. The fourth-order valence-corrected chi connectivity index (χ4v) is 2.21. The van der Waals surface area contributed by atoms with Gasteiger partial charge in [-0.25, -0.2) is 0 Å². The summed E-state index contributed by atoms with van der Waals surface area (Å²) in [6, 6.07) is 5.24. The number of rotatable bonds is 5. The largest absolute Gasteiger partial charge is 0.373 e. The van der Waals surface area contributed by atoms with Gasteiger partial charge in [0.05, 0.1) is 10.3 Å². The van der Waals surface area contributed by atoms with Crippen molar-refractivity contribution in [3.63, 3.8) is 0 Å². The van der Waals surface area contributed by atoms with Crippen LogP contribution in [0, 0.1) is 17.0 Å². The molecule has 1 aromatic heterocycles. The zero-order valence-electron chi connectivity index (χ0n) is 11.9. The van der Waals surface area contributed by atoms with Crippen molar-refractivity contribution in [3.8, 4) is 0 Å². The lowest BCUT2D eigenvalue weighted by Gasteiger charge is -2.21. The number of nitrogens with one attached hydrogen (secondary N) is 1. The summed E-state index contributed by atoms with van der Waals surface area (Å²) in [6.45, 7) is 3.56. The van der Waals surface area contributed by atoms with Gasteiger partial charge in [0.1, 0.15) is 0 Å². The third-order valence-corrected chi connectivity index (χ3v) is 3.30. The minimum atomic E-state index is -0.364. The predicted molar refractivity (Wildman–Crippen MR) is 80.3 cm³/mol. The Kier molecular flexibility index (Phi) is 4.14. The molecule has 0 aliphatic rings.